The summed E-state index contributed by atoms with van der Waals surface area (Å²) in [5, 5.41) is 9.91. The van der Waals surface area contributed by atoms with Gasteiger partial charge in [0, 0.05) is 5.56 Å². The quantitative estimate of drug-likeness (QED) is 0.150. The molecule has 3 aromatic carbocycles. The smallest absolute Gasteiger partial charge is 0.178 e. The summed E-state index contributed by atoms with van der Waals surface area (Å²) in [5.41, 5.74) is 2.63. The molecule has 3 aromatic rings. The minimum absolute atomic E-state index is 0.0103. The number of nitriles is 1. The highest BCUT2D eigenvalue weighted by atomic mass is 32.2. The third-order valence-electron chi connectivity index (χ3n) is 4.41. The van der Waals surface area contributed by atoms with E-state index in [2.05, 4.69) is 30.9 Å². The van der Waals surface area contributed by atoms with Crippen LogP contribution in [0.25, 0.3) is 11.1 Å². The second-order valence-electron chi connectivity index (χ2n) is 6.43. The molecule has 0 aliphatic heterocycles. The Kier molecular flexibility index (Phi) is 6.82. The van der Waals surface area contributed by atoms with Crippen molar-refractivity contribution in [1.82, 2.24) is 0 Å². The molecule has 3 rings (SSSR count). The molecule has 0 aromatic heterocycles. The van der Waals surface area contributed by atoms with Crippen molar-refractivity contribution in [3.05, 3.63) is 88.5 Å². The second kappa shape index (κ2) is 9.52. The molecule has 0 radical (unpaired) electrons. The van der Waals surface area contributed by atoms with Gasteiger partial charge in [-0.25, -0.2) is 17.6 Å². The van der Waals surface area contributed by atoms with Crippen LogP contribution < -0.4 is 0 Å². The number of nitrogens with zero attached hydrogens (tertiary/aromatic N) is 1. The van der Waals surface area contributed by atoms with Crippen LogP contribution in [0.5, 0.6) is 0 Å². The molecular weight excluding hydrogens is 410 g/mol. The molecule has 0 N–H and O–H groups in total. The molecule has 0 fully saturated rings. The minimum Gasteiger partial charge on any atom is -0.202 e. The summed E-state index contributed by atoms with van der Waals surface area (Å²) in [5.74, 6) is -1.84. The topological polar surface area (TPSA) is 23.8 Å². The predicted molar refractivity (Wildman–Crippen MR) is 110 cm³/mol. The van der Waals surface area contributed by atoms with E-state index in [1.807, 2.05) is 12.1 Å². The molecule has 0 spiro atoms. The first-order valence-corrected chi connectivity index (χ1v) is 9.91. The number of hydrogen-bond acceptors (Lipinski definition) is 2. The van der Waals surface area contributed by atoms with Crippen LogP contribution in [-0.4, -0.2) is 0 Å². The van der Waals surface area contributed by atoms with Crippen LogP contribution in [-0.2, 0) is 6.42 Å². The number of benzene rings is 3. The molecule has 1 nitrogen and oxygen atoms in total. The van der Waals surface area contributed by atoms with Gasteiger partial charge in [-0.3, -0.25) is 0 Å². The van der Waals surface area contributed by atoms with Crippen LogP contribution in [0.3, 0.4) is 0 Å². The molecule has 0 aliphatic carbocycles. The van der Waals surface area contributed by atoms with E-state index in [1.54, 1.807) is 24.3 Å². The van der Waals surface area contributed by atoms with Gasteiger partial charge in [-0.05, 0) is 47.0 Å². The van der Waals surface area contributed by atoms with Crippen LogP contribution in [0.15, 0.2) is 53.4 Å². The zero-order chi connectivity index (χ0) is 21.7. The number of rotatable bonds is 4. The highest BCUT2D eigenvalue weighted by molar-refractivity contribution is 8.03. The number of thiocyanates is 1. The Bertz CT molecular complexity index is 1140. The van der Waals surface area contributed by atoms with E-state index in [0.29, 0.717) is 5.56 Å². The van der Waals surface area contributed by atoms with Gasteiger partial charge < -0.3 is 0 Å². The number of aryl methyl sites for hydroxylation is 1. The van der Waals surface area contributed by atoms with Gasteiger partial charge in [0.05, 0.1) is 4.90 Å². The number of halogens is 4. The minimum atomic E-state index is -1.63. The number of thioether (sulfide) groups is 1. The molecule has 0 aliphatic rings. The van der Waals surface area contributed by atoms with E-state index in [4.69, 9.17) is 5.26 Å². The zero-order valence-corrected chi connectivity index (χ0v) is 16.7. The number of hydrogen-bond donors (Lipinski definition) is 0. The van der Waals surface area contributed by atoms with E-state index in [1.165, 1.54) is 11.0 Å². The first kappa shape index (κ1) is 21.5. The van der Waals surface area contributed by atoms with Gasteiger partial charge >= 0.3 is 0 Å². The Labute approximate surface area is 176 Å². The van der Waals surface area contributed by atoms with E-state index in [-0.39, 0.29) is 11.8 Å². The molecule has 30 heavy (non-hydrogen) atoms. The third kappa shape index (κ3) is 4.50. The lowest BCUT2D eigenvalue weighted by molar-refractivity contribution is 0.423. The maximum Gasteiger partial charge on any atom is 0.178 e. The molecule has 6 heteroatoms. The summed E-state index contributed by atoms with van der Waals surface area (Å²) in [6.45, 7) is 2.12. The van der Waals surface area contributed by atoms with Crippen molar-refractivity contribution in [2.75, 3.05) is 0 Å². The molecule has 0 atom stereocenters. The molecule has 0 unspecified atom stereocenters. The van der Waals surface area contributed by atoms with Crippen LogP contribution >= 0.6 is 11.8 Å². The standard InChI is InChI=1S/C24H15F4NS/c1-2-3-15-4-9-17(10-5-15)18-11-6-16(7-12-18)8-13-19-20(25)22(27)24(30-14-29)23(28)21(19)26/h4-7,9-12H,2-3H2,1H3. The van der Waals surface area contributed by atoms with Crippen molar-refractivity contribution in [2.45, 2.75) is 24.7 Å². The predicted octanol–water partition coefficient (Wildman–Crippen LogP) is 6.84. The van der Waals surface area contributed by atoms with Crippen LogP contribution in [0.4, 0.5) is 17.6 Å². The largest absolute Gasteiger partial charge is 0.202 e. The molecule has 150 valence electrons. The molecular formula is C24H15F4NS. The van der Waals surface area contributed by atoms with Crippen LogP contribution in [0.2, 0.25) is 0 Å². The highest BCUT2D eigenvalue weighted by Crippen LogP contribution is 2.30. The van der Waals surface area contributed by atoms with Gasteiger partial charge in [-0.15, -0.1) is 0 Å². The summed E-state index contributed by atoms with van der Waals surface area (Å²) in [6.07, 6.45) is 2.08. The summed E-state index contributed by atoms with van der Waals surface area (Å²) in [6, 6.07) is 15.1. The lowest BCUT2D eigenvalue weighted by Gasteiger charge is -2.05. The first-order chi connectivity index (χ1) is 14.5. The zero-order valence-electron chi connectivity index (χ0n) is 15.9. The normalized spacial score (nSPS) is 10.3. The van der Waals surface area contributed by atoms with Gasteiger partial charge in [0.1, 0.15) is 11.0 Å². The average molecular weight is 425 g/mol. The SMILES string of the molecule is CCCc1ccc(-c2ccc(C#Cc3c(F)c(F)c(SC#N)c(F)c3F)cc2)cc1. The van der Waals surface area contributed by atoms with Gasteiger partial charge in [0.15, 0.2) is 23.3 Å². The molecule has 0 amide bonds. The average Bonchev–Trinajstić information content (AvgIpc) is 2.76. The maximum absolute atomic E-state index is 14.1. The maximum atomic E-state index is 14.1. The monoisotopic (exact) mass is 425 g/mol. The lowest BCUT2D eigenvalue weighted by atomic mass is 10.0. The van der Waals surface area contributed by atoms with Crippen LogP contribution in [0, 0.1) is 45.8 Å². The Morgan fingerprint density at radius 2 is 1.30 bits per heavy atom. The van der Waals surface area contributed by atoms with Crippen molar-refractivity contribution in [3.8, 4) is 28.4 Å². The van der Waals surface area contributed by atoms with Gasteiger partial charge in [0.25, 0.3) is 0 Å². The lowest BCUT2D eigenvalue weighted by Crippen LogP contribution is -2.02. The van der Waals surface area contributed by atoms with E-state index in [0.717, 1.165) is 24.0 Å². The fourth-order valence-electron chi connectivity index (χ4n) is 2.89. The van der Waals surface area contributed by atoms with Gasteiger partial charge in [0.2, 0.25) is 0 Å². The molecule has 0 heterocycles. The van der Waals surface area contributed by atoms with E-state index >= 15 is 0 Å². The molecule has 0 saturated heterocycles. The van der Waals surface area contributed by atoms with Crippen molar-refractivity contribution in [1.29, 1.82) is 5.26 Å². The Balaban J connectivity index is 1.88. The summed E-state index contributed by atoms with van der Waals surface area (Å²) in [4.78, 5) is -1.02. The van der Waals surface area contributed by atoms with E-state index in [9.17, 15) is 17.6 Å². The third-order valence-corrected chi connectivity index (χ3v) is 5.07. The van der Waals surface area contributed by atoms with Crippen molar-refractivity contribution in [3.63, 3.8) is 0 Å². The fraction of sp³-hybridized carbons (Fsp3) is 0.125. The highest BCUT2D eigenvalue weighted by Gasteiger charge is 2.25. The fourth-order valence-corrected chi connectivity index (χ4v) is 3.34. The Morgan fingerprint density at radius 3 is 1.80 bits per heavy atom. The Hall–Kier alpha value is -3.22. The van der Waals surface area contributed by atoms with Crippen molar-refractivity contribution in [2.24, 2.45) is 0 Å². The van der Waals surface area contributed by atoms with Gasteiger partial charge in [-0.1, -0.05) is 61.6 Å². The Morgan fingerprint density at radius 1 is 0.767 bits per heavy atom. The van der Waals surface area contributed by atoms with Crippen molar-refractivity contribution >= 4 is 11.8 Å². The van der Waals surface area contributed by atoms with Crippen molar-refractivity contribution < 1.29 is 17.6 Å². The second-order valence-corrected chi connectivity index (χ2v) is 7.22. The molecule has 0 bridgehead atoms. The summed E-state index contributed by atoms with van der Waals surface area (Å²) >= 11 is 0.0103. The first-order valence-electron chi connectivity index (χ1n) is 9.09. The summed E-state index contributed by atoms with van der Waals surface area (Å²) in [7, 11) is 0. The van der Waals surface area contributed by atoms with Crippen LogP contribution in [0.1, 0.15) is 30.0 Å². The van der Waals surface area contributed by atoms with Gasteiger partial charge in [-0.2, -0.15) is 5.26 Å². The van der Waals surface area contributed by atoms with E-state index < -0.39 is 33.7 Å². The summed E-state index contributed by atoms with van der Waals surface area (Å²) < 4.78 is 56.0. The molecule has 0 saturated carbocycles.